The van der Waals surface area contributed by atoms with Crippen LogP contribution in [-0.2, 0) is 9.53 Å². The minimum Gasteiger partial charge on any atom is -0.481 e. The highest BCUT2D eigenvalue weighted by Crippen LogP contribution is 2.61. The third-order valence-corrected chi connectivity index (χ3v) is 6.82. The Morgan fingerprint density at radius 2 is 1.92 bits per heavy atom. The normalized spacial score (nSPS) is 43.1. The minimum atomic E-state index is -0.826. The minimum absolute atomic E-state index is 0.0686. The molecule has 0 aromatic carbocycles. The van der Waals surface area contributed by atoms with Crippen molar-refractivity contribution in [2.75, 3.05) is 0 Å². The van der Waals surface area contributed by atoms with Crippen molar-refractivity contribution in [3.8, 4) is 0 Å². The van der Waals surface area contributed by atoms with Gasteiger partial charge in [0.1, 0.15) is 0 Å². The predicted octanol–water partition coefficient (Wildman–Crippen LogP) is 4.17. The first-order valence-electron chi connectivity index (χ1n) is 9.14. The van der Waals surface area contributed by atoms with Crippen molar-refractivity contribution >= 4 is 5.97 Å². The third kappa shape index (κ3) is 3.41. The molecule has 2 fully saturated rings. The summed E-state index contributed by atoms with van der Waals surface area (Å²) in [5.41, 5.74) is -1.70. The van der Waals surface area contributed by atoms with Crippen LogP contribution in [0.3, 0.4) is 0 Å². The van der Waals surface area contributed by atoms with Crippen LogP contribution >= 0.6 is 0 Å². The van der Waals surface area contributed by atoms with Gasteiger partial charge in [0.05, 0.1) is 16.8 Å². The molecule has 0 amide bonds. The largest absolute Gasteiger partial charge is 0.481 e. The van der Waals surface area contributed by atoms with Crippen LogP contribution in [-0.4, -0.2) is 33.0 Å². The Bertz CT molecular complexity index is 508. The van der Waals surface area contributed by atoms with Crippen LogP contribution < -0.4 is 0 Å². The molecule has 1 aliphatic heterocycles. The van der Waals surface area contributed by atoms with E-state index in [-0.39, 0.29) is 34.9 Å². The Balaban J connectivity index is 2.39. The second kappa shape index (κ2) is 6.14. The van der Waals surface area contributed by atoms with Gasteiger partial charge in [-0.1, -0.05) is 13.0 Å². The predicted molar refractivity (Wildman–Crippen MR) is 94.8 cm³/mol. The first kappa shape index (κ1) is 19.5. The van der Waals surface area contributed by atoms with Crippen molar-refractivity contribution in [3.63, 3.8) is 0 Å². The molecule has 0 spiro atoms. The number of hydrogen-bond acceptors (Lipinski definition) is 3. The molecule has 1 saturated heterocycles. The van der Waals surface area contributed by atoms with Gasteiger partial charge in [0, 0.05) is 6.42 Å². The fraction of sp³-hybridized carbons (Fsp3) is 0.850. The lowest BCUT2D eigenvalue weighted by Gasteiger charge is -2.62. The van der Waals surface area contributed by atoms with Crippen LogP contribution in [0, 0.1) is 17.3 Å². The average Bonchev–Trinajstić information content (AvgIpc) is 2.43. The number of carboxylic acids is 1. The molecule has 138 valence electrons. The van der Waals surface area contributed by atoms with E-state index < -0.39 is 11.6 Å². The number of hydrogen-bond donors (Lipinski definition) is 2. The van der Waals surface area contributed by atoms with E-state index in [0.717, 1.165) is 25.7 Å². The van der Waals surface area contributed by atoms with Crippen LogP contribution in [0.15, 0.2) is 12.7 Å². The van der Waals surface area contributed by atoms with E-state index in [9.17, 15) is 15.0 Å². The maximum absolute atomic E-state index is 11.2. The molecule has 0 bridgehead atoms. The number of fused-ring (bicyclic) bond motifs is 1. The summed E-state index contributed by atoms with van der Waals surface area (Å²) in [7, 11) is 0. The molecular formula is C20H34O4. The van der Waals surface area contributed by atoms with E-state index in [1.807, 2.05) is 19.9 Å². The number of rotatable bonds is 5. The van der Waals surface area contributed by atoms with E-state index >= 15 is 0 Å². The van der Waals surface area contributed by atoms with Crippen LogP contribution in [0.2, 0.25) is 0 Å². The standard InChI is InChI=1S/C20H34O4/c1-7-18(4)11-8-15-19(5,12-10-16(21)22)14(17(2,3)23)9-13-20(15,6)24-18/h7,14-15,23H,1,8-13H2,2-6H3,(H,21,22). The highest BCUT2D eigenvalue weighted by molar-refractivity contribution is 5.66. The number of aliphatic carboxylic acids is 1. The van der Waals surface area contributed by atoms with Gasteiger partial charge in [-0.15, -0.1) is 6.58 Å². The Morgan fingerprint density at radius 1 is 1.29 bits per heavy atom. The molecular weight excluding hydrogens is 304 g/mol. The molecule has 1 saturated carbocycles. The molecule has 2 N–H and O–H groups in total. The van der Waals surface area contributed by atoms with Crippen molar-refractivity contribution in [1.82, 2.24) is 0 Å². The number of ether oxygens (including phenoxy) is 1. The monoisotopic (exact) mass is 338 g/mol. The molecule has 0 aromatic rings. The van der Waals surface area contributed by atoms with Crippen LogP contribution in [0.4, 0.5) is 0 Å². The highest BCUT2D eigenvalue weighted by Gasteiger charge is 2.60. The summed E-state index contributed by atoms with van der Waals surface area (Å²) in [5, 5.41) is 20.0. The smallest absolute Gasteiger partial charge is 0.303 e. The van der Waals surface area contributed by atoms with Gasteiger partial charge < -0.3 is 14.9 Å². The molecule has 2 rings (SSSR count). The highest BCUT2D eigenvalue weighted by atomic mass is 16.5. The van der Waals surface area contributed by atoms with Gasteiger partial charge in [-0.05, 0) is 77.0 Å². The zero-order valence-electron chi connectivity index (χ0n) is 15.9. The molecule has 1 heterocycles. The summed E-state index contributed by atoms with van der Waals surface area (Å²) in [6, 6.07) is 0. The maximum Gasteiger partial charge on any atom is 0.303 e. The molecule has 4 nitrogen and oxygen atoms in total. The lowest BCUT2D eigenvalue weighted by molar-refractivity contribution is -0.252. The lowest BCUT2D eigenvalue weighted by Crippen LogP contribution is -2.62. The molecule has 0 radical (unpaired) electrons. The summed E-state index contributed by atoms with van der Waals surface area (Å²) < 4.78 is 6.53. The molecule has 2 aliphatic rings. The van der Waals surface area contributed by atoms with Crippen molar-refractivity contribution in [1.29, 1.82) is 0 Å². The van der Waals surface area contributed by atoms with Gasteiger partial charge >= 0.3 is 5.97 Å². The first-order valence-corrected chi connectivity index (χ1v) is 9.14. The average molecular weight is 338 g/mol. The van der Waals surface area contributed by atoms with Crippen molar-refractivity contribution in [2.45, 2.75) is 89.9 Å². The van der Waals surface area contributed by atoms with Gasteiger partial charge in [-0.3, -0.25) is 4.79 Å². The maximum atomic E-state index is 11.2. The van der Waals surface area contributed by atoms with Gasteiger partial charge in [0.2, 0.25) is 0 Å². The topological polar surface area (TPSA) is 66.8 Å². The zero-order valence-corrected chi connectivity index (χ0v) is 15.9. The van der Waals surface area contributed by atoms with E-state index in [1.165, 1.54) is 0 Å². The molecule has 4 heteroatoms. The Kier molecular flexibility index (Phi) is 4.97. The Labute approximate surface area is 146 Å². The van der Waals surface area contributed by atoms with Crippen LogP contribution in [0.5, 0.6) is 0 Å². The van der Waals surface area contributed by atoms with Crippen LogP contribution in [0.1, 0.15) is 73.1 Å². The second-order valence-corrected chi connectivity index (χ2v) is 9.17. The SMILES string of the molecule is C=CC1(C)CCC2C(C)(CCC(C(C)(C)O)C2(C)CCC(=O)O)O1. The van der Waals surface area contributed by atoms with Gasteiger partial charge in [0.25, 0.3) is 0 Å². The zero-order chi connectivity index (χ0) is 18.4. The molecule has 0 aromatic heterocycles. The summed E-state index contributed by atoms with van der Waals surface area (Å²) in [4.78, 5) is 11.2. The van der Waals surface area contributed by atoms with Crippen LogP contribution in [0.25, 0.3) is 0 Å². The van der Waals surface area contributed by atoms with Crippen molar-refractivity contribution in [2.24, 2.45) is 17.3 Å². The summed E-state index contributed by atoms with van der Waals surface area (Å²) in [6.07, 6.45) is 6.20. The summed E-state index contributed by atoms with van der Waals surface area (Å²) in [5.74, 6) is -0.465. The number of carboxylic acid groups (broad SMARTS) is 1. The van der Waals surface area contributed by atoms with Crippen molar-refractivity contribution in [3.05, 3.63) is 12.7 Å². The number of carbonyl (C=O) groups is 1. The fourth-order valence-corrected chi connectivity index (χ4v) is 5.68. The van der Waals surface area contributed by atoms with E-state index in [4.69, 9.17) is 4.74 Å². The van der Waals surface area contributed by atoms with Gasteiger partial charge in [-0.25, -0.2) is 0 Å². The van der Waals surface area contributed by atoms with Gasteiger partial charge in [0.15, 0.2) is 0 Å². The molecule has 5 unspecified atom stereocenters. The lowest BCUT2D eigenvalue weighted by atomic mass is 9.49. The van der Waals surface area contributed by atoms with E-state index in [2.05, 4.69) is 27.4 Å². The third-order valence-electron chi connectivity index (χ3n) is 6.82. The Hall–Kier alpha value is -0.870. The van der Waals surface area contributed by atoms with E-state index in [0.29, 0.717) is 6.42 Å². The number of aliphatic hydroxyl groups is 1. The molecule has 1 aliphatic carbocycles. The quantitative estimate of drug-likeness (QED) is 0.738. The second-order valence-electron chi connectivity index (χ2n) is 9.17. The summed E-state index contributed by atoms with van der Waals surface area (Å²) in [6.45, 7) is 14.1. The van der Waals surface area contributed by atoms with E-state index in [1.54, 1.807) is 0 Å². The molecule has 24 heavy (non-hydrogen) atoms. The first-order chi connectivity index (χ1) is 10.9. The summed E-state index contributed by atoms with van der Waals surface area (Å²) >= 11 is 0. The molecule has 5 atom stereocenters. The van der Waals surface area contributed by atoms with Crippen molar-refractivity contribution < 1.29 is 19.7 Å². The fourth-order valence-electron chi connectivity index (χ4n) is 5.68. The van der Waals surface area contributed by atoms with Gasteiger partial charge in [-0.2, -0.15) is 0 Å². The Morgan fingerprint density at radius 3 is 2.42 bits per heavy atom.